The molecule has 0 saturated heterocycles. The van der Waals surface area contributed by atoms with Crippen LogP contribution in [-0.2, 0) is 28.6 Å². The lowest BCUT2D eigenvalue weighted by molar-refractivity contribution is -0.157. The van der Waals surface area contributed by atoms with Crippen molar-refractivity contribution in [2.24, 2.45) is 0 Å². The number of aliphatic hydroxyl groups excluding tert-OH is 4. The van der Waals surface area contributed by atoms with Gasteiger partial charge in [-0.3, -0.25) is 9.80 Å². The van der Waals surface area contributed by atoms with E-state index in [1.165, 1.54) is 135 Å². The van der Waals surface area contributed by atoms with E-state index in [0.717, 1.165) is 57.8 Å². The van der Waals surface area contributed by atoms with Crippen LogP contribution in [0.2, 0.25) is 0 Å². The Labute approximate surface area is 379 Å². The number of hydrogen-bond acceptors (Lipinski definition) is 12. The number of rotatable bonds is 48. The summed E-state index contributed by atoms with van der Waals surface area (Å²) in [5, 5.41) is 42.0. The Morgan fingerprint density at radius 2 is 0.597 bits per heavy atom. The summed E-state index contributed by atoms with van der Waals surface area (Å²) in [5.41, 5.74) is 0. The van der Waals surface area contributed by atoms with E-state index >= 15 is 0 Å². The lowest BCUT2D eigenvalue weighted by Gasteiger charge is -2.28. The van der Waals surface area contributed by atoms with Crippen molar-refractivity contribution in [3.8, 4) is 0 Å². The zero-order chi connectivity index (χ0) is 45.7. The van der Waals surface area contributed by atoms with Crippen LogP contribution in [0.15, 0.2) is 0 Å². The molecule has 12 nitrogen and oxygen atoms in total. The molecule has 0 saturated carbocycles. The maximum absolute atomic E-state index is 12.8. The van der Waals surface area contributed by atoms with Crippen molar-refractivity contribution in [2.75, 3.05) is 65.7 Å². The molecule has 0 heterocycles. The Morgan fingerprint density at radius 3 is 0.871 bits per heavy atom. The van der Waals surface area contributed by atoms with Gasteiger partial charge in [-0.25, -0.2) is 14.4 Å². The molecule has 4 N–H and O–H groups in total. The number of carbonyl (C=O) groups excluding carboxylic acids is 3. The number of esters is 3. The van der Waals surface area contributed by atoms with Crippen LogP contribution < -0.4 is 0 Å². The van der Waals surface area contributed by atoms with Crippen LogP contribution >= 0.6 is 0 Å². The van der Waals surface area contributed by atoms with Crippen molar-refractivity contribution >= 4 is 17.9 Å². The molecule has 0 aromatic heterocycles. The molecule has 0 amide bonds. The second-order valence-corrected chi connectivity index (χ2v) is 17.7. The molecule has 0 fully saturated rings. The molecule has 0 aromatic carbocycles. The third-order valence-electron chi connectivity index (χ3n) is 11.7. The lowest BCUT2D eigenvalue weighted by atomic mass is 10.1. The topological polar surface area (TPSA) is 166 Å². The highest BCUT2D eigenvalue weighted by Gasteiger charge is 2.26. The Kier molecular flexibility index (Phi) is 44.4. The predicted octanol–water partition coefficient (Wildman–Crippen LogP) is 9.45. The Hall–Kier alpha value is -1.83. The van der Waals surface area contributed by atoms with E-state index in [1.807, 2.05) is 0 Å². The molecule has 0 aromatic rings. The first-order chi connectivity index (χ1) is 30.2. The molecule has 0 radical (unpaired) electrons. The van der Waals surface area contributed by atoms with Gasteiger partial charge in [0.15, 0.2) is 18.3 Å². The van der Waals surface area contributed by atoms with Gasteiger partial charge < -0.3 is 34.6 Å². The number of unbranched alkanes of at least 4 members (excludes halogenated alkanes) is 27. The molecule has 0 spiro atoms. The van der Waals surface area contributed by atoms with Crippen molar-refractivity contribution in [1.82, 2.24) is 9.80 Å². The van der Waals surface area contributed by atoms with Gasteiger partial charge in [0, 0.05) is 26.2 Å². The SMILES string of the molecule is CCCCCCCCCCCCOC(=O)C(O)CN(CCO)CCCN(CC(O)C(=O)OCCCCCCCCCCCC)CC(O)C(=O)OCCCCCCCCCCCC. The molecule has 0 aliphatic heterocycles. The highest BCUT2D eigenvalue weighted by molar-refractivity contribution is 5.75. The first-order valence-electron chi connectivity index (χ1n) is 25.8. The molecular formula is C50H98N2O10. The van der Waals surface area contributed by atoms with Gasteiger partial charge in [0.25, 0.3) is 0 Å². The number of aliphatic hydroxyl groups is 4. The summed E-state index contributed by atoms with van der Waals surface area (Å²) in [6.45, 7) is 7.68. The van der Waals surface area contributed by atoms with Crippen molar-refractivity contribution in [3.05, 3.63) is 0 Å². The minimum absolute atomic E-state index is 0.0285. The molecule has 0 bridgehead atoms. The van der Waals surface area contributed by atoms with Gasteiger partial charge >= 0.3 is 17.9 Å². The molecule has 3 atom stereocenters. The van der Waals surface area contributed by atoms with E-state index in [1.54, 1.807) is 9.80 Å². The van der Waals surface area contributed by atoms with Crippen LogP contribution in [0.3, 0.4) is 0 Å². The average Bonchev–Trinajstić information content (AvgIpc) is 3.26. The van der Waals surface area contributed by atoms with E-state index in [-0.39, 0.29) is 59.2 Å². The molecule has 0 aliphatic carbocycles. The first-order valence-corrected chi connectivity index (χ1v) is 25.8. The number of carbonyl (C=O) groups is 3. The van der Waals surface area contributed by atoms with E-state index in [0.29, 0.717) is 13.0 Å². The van der Waals surface area contributed by atoms with Crippen LogP contribution in [0.4, 0.5) is 0 Å². The fourth-order valence-electron chi connectivity index (χ4n) is 7.74. The van der Waals surface area contributed by atoms with Crippen LogP contribution in [0, 0.1) is 0 Å². The van der Waals surface area contributed by atoms with E-state index in [9.17, 15) is 34.8 Å². The zero-order valence-electron chi connectivity index (χ0n) is 40.4. The van der Waals surface area contributed by atoms with Crippen molar-refractivity contribution < 1.29 is 49.0 Å². The van der Waals surface area contributed by atoms with Gasteiger partial charge in [-0.2, -0.15) is 0 Å². The minimum Gasteiger partial charge on any atom is -0.464 e. The number of ether oxygens (including phenoxy) is 3. The second kappa shape index (κ2) is 45.7. The standard InChI is InChI=1S/C50H98N2O10/c1-4-7-10-13-16-19-22-25-28-31-39-60-48(57)45(54)42-51(37-38-53)35-34-36-52(43-46(55)49(58)61-40-32-29-26-23-20-17-14-11-8-5-2)44-47(56)50(59)62-41-33-30-27-24-21-18-15-12-9-6-3/h45-47,53-56H,4-44H2,1-3H3. The predicted molar refractivity (Wildman–Crippen MR) is 251 cm³/mol. The summed E-state index contributed by atoms with van der Waals surface area (Å²) in [6.07, 6.45) is 30.9. The summed E-state index contributed by atoms with van der Waals surface area (Å²) in [7, 11) is 0. The van der Waals surface area contributed by atoms with Gasteiger partial charge in [0.05, 0.1) is 26.4 Å². The van der Waals surface area contributed by atoms with E-state index in [4.69, 9.17) is 14.2 Å². The summed E-state index contributed by atoms with van der Waals surface area (Å²) in [5.74, 6) is -2.18. The normalized spacial score (nSPS) is 13.1. The largest absolute Gasteiger partial charge is 0.464 e. The Balaban J connectivity index is 4.92. The highest BCUT2D eigenvalue weighted by atomic mass is 16.6. The maximum Gasteiger partial charge on any atom is 0.336 e. The smallest absolute Gasteiger partial charge is 0.336 e. The molecule has 0 aliphatic rings. The van der Waals surface area contributed by atoms with Gasteiger partial charge in [0.2, 0.25) is 0 Å². The molecule has 0 rings (SSSR count). The summed E-state index contributed by atoms with van der Waals surface area (Å²) < 4.78 is 16.1. The molecule has 12 heteroatoms. The van der Waals surface area contributed by atoms with Gasteiger partial charge in [0.1, 0.15) is 0 Å². The van der Waals surface area contributed by atoms with Gasteiger partial charge in [-0.15, -0.1) is 0 Å². The molecular weight excluding hydrogens is 789 g/mol. The summed E-state index contributed by atoms with van der Waals surface area (Å²) in [4.78, 5) is 41.5. The Morgan fingerprint density at radius 1 is 0.355 bits per heavy atom. The Bertz CT molecular complexity index is 959. The quantitative estimate of drug-likeness (QED) is 0.0260. The van der Waals surface area contributed by atoms with Crippen LogP contribution in [0.5, 0.6) is 0 Å². The third kappa shape index (κ3) is 38.6. The first kappa shape index (κ1) is 60.2. The van der Waals surface area contributed by atoms with Crippen molar-refractivity contribution in [3.63, 3.8) is 0 Å². The van der Waals surface area contributed by atoms with Crippen molar-refractivity contribution in [1.29, 1.82) is 0 Å². The monoisotopic (exact) mass is 887 g/mol. The zero-order valence-corrected chi connectivity index (χ0v) is 40.4. The van der Waals surface area contributed by atoms with Crippen LogP contribution in [0.1, 0.15) is 220 Å². The van der Waals surface area contributed by atoms with Gasteiger partial charge in [-0.1, -0.05) is 194 Å². The van der Waals surface area contributed by atoms with E-state index < -0.39 is 36.2 Å². The van der Waals surface area contributed by atoms with Crippen molar-refractivity contribution in [2.45, 2.75) is 238 Å². The molecule has 3 unspecified atom stereocenters. The summed E-state index contributed by atoms with van der Waals surface area (Å²) >= 11 is 0. The van der Waals surface area contributed by atoms with Crippen LogP contribution in [0.25, 0.3) is 0 Å². The van der Waals surface area contributed by atoms with Gasteiger partial charge in [-0.05, 0) is 38.8 Å². The second-order valence-electron chi connectivity index (χ2n) is 17.7. The molecule has 62 heavy (non-hydrogen) atoms. The van der Waals surface area contributed by atoms with Crippen LogP contribution in [-0.4, -0.2) is 132 Å². The number of hydrogen-bond donors (Lipinski definition) is 4. The highest BCUT2D eigenvalue weighted by Crippen LogP contribution is 2.14. The molecule has 368 valence electrons. The van der Waals surface area contributed by atoms with E-state index in [2.05, 4.69) is 20.8 Å². The fourth-order valence-corrected chi connectivity index (χ4v) is 7.74. The number of nitrogens with zero attached hydrogens (tertiary/aromatic N) is 2. The minimum atomic E-state index is -1.48. The average molecular weight is 887 g/mol. The maximum atomic E-state index is 12.8. The fraction of sp³-hybridized carbons (Fsp3) is 0.940. The lowest BCUT2D eigenvalue weighted by Crippen LogP contribution is -2.45. The summed E-state index contributed by atoms with van der Waals surface area (Å²) in [6, 6.07) is 0. The third-order valence-corrected chi connectivity index (χ3v) is 11.7.